The molecule has 5 nitrogen and oxygen atoms in total. The Morgan fingerprint density at radius 3 is 2.95 bits per heavy atom. The SMILES string of the molecule is CCOC(=O)c1cnn(C)c1CSc1cccc(N)c1C. The van der Waals surface area contributed by atoms with Crippen molar-refractivity contribution in [2.24, 2.45) is 7.05 Å². The third kappa shape index (κ3) is 3.39. The molecule has 0 bridgehead atoms. The summed E-state index contributed by atoms with van der Waals surface area (Å²) in [6.07, 6.45) is 1.56. The fourth-order valence-corrected chi connectivity index (χ4v) is 3.09. The minimum absolute atomic E-state index is 0.328. The first-order valence-electron chi connectivity index (χ1n) is 6.70. The fourth-order valence-electron chi connectivity index (χ4n) is 1.95. The van der Waals surface area contributed by atoms with Gasteiger partial charge < -0.3 is 10.5 Å². The largest absolute Gasteiger partial charge is 0.462 e. The monoisotopic (exact) mass is 305 g/mol. The number of nitrogens with zero attached hydrogens (tertiary/aromatic N) is 2. The van der Waals surface area contributed by atoms with E-state index in [1.165, 1.54) is 0 Å². The average Bonchev–Trinajstić information content (AvgIpc) is 2.82. The lowest BCUT2D eigenvalue weighted by Gasteiger charge is -2.09. The van der Waals surface area contributed by atoms with Gasteiger partial charge >= 0.3 is 5.97 Å². The van der Waals surface area contributed by atoms with Gasteiger partial charge in [-0.2, -0.15) is 5.10 Å². The van der Waals surface area contributed by atoms with Gasteiger partial charge in [-0.15, -0.1) is 11.8 Å². The second-order valence-corrected chi connectivity index (χ2v) is 5.63. The van der Waals surface area contributed by atoms with E-state index >= 15 is 0 Å². The van der Waals surface area contributed by atoms with Crippen LogP contribution in [0.15, 0.2) is 29.3 Å². The van der Waals surface area contributed by atoms with Crippen molar-refractivity contribution in [3.05, 3.63) is 41.2 Å². The van der Waals surface area contributed by atoms with Gasteiger partial charge in [0, 0.05) is 23.4 Å². The minimum atomic E-state index is -0.328. The first-order chi connectivity index (χ1) is 10.0. The molecule has 0 spiro atoms. The molecule has 2 aromatic rings. The molecule has 0 fully saturated rings. The summed E-state index contributed by atoms with van der Waals surface area (Å²) >= 11 is 1.63. The predicted octanol–water partition coefficient (Wildman–Crippen LogP) is 2.78. The highest BCUT2D eigenvalue weighted by Crippen LogP contribution is 2.29. The smallest absolute Gasteiger partial charge is 0.341 e. The third-order valence-electron chi connectivity index (χ3n) is 3.25. The van der Waals surface area contributed by atoms with Gasteiger partial charge in [0.2, 0.25) is 0 Å². The number of rotatable bonds is 5. The second kappa shape index (κ2) is 6.67. The predicted molar refractivity (Wildman–Crippen MR) is 84.3 cm³/mol. The molecule has 0 saturated carbocycles. The molecule has 0 aliphatic rings. The van der Waals surface area contributed by atoms with Crippen LogP contribution in [0.4, 0.5) is 5.69 Å². The molecule has 2 N–H and O–H groups in total. The number of aromatic nitrogens is 2. The maximum absolute atomic E-state index is 11.9. The molecule has 0 radical (unpaired) electrons. The van der Waals surface area contributed by atoms with Crippen molar-refractivity contribution < 1.29 is 9.53 Å². The van der Waals surface area contributed by atoms with Crippen molar-refractivity contribution in [3.63, 3.8) is 0 Å². The van der Waals surface area contributed by atoms with Gasteiger partial charge in [0.25, 0.3) is 0 Å². The van der Waals surface area contributed by atoms with Crippen LogP contribution in [0.1, 0.15) is 28.5 Å². The summed E-state index contributed by atoms with van der Waals surface area (Å²) < 4.78 is 6.76. The van der Waals surface area contributed by atoms with Crippen LogP contribution >= 0.6 is 11.8 Å². The number of benzene rings is 1. The van der Waals surface area contributed by atoms with Crippen molar-refractivity contribution in [2.45, 2.75) is 24.5 Å². The average molecular weight is 305 g/mol. The molecule has 0 saturated heterocycles. The fraction of sp³-hybridized carbons (Fsp3) is 0.333. The Hall–Kier alpha value is -1.95. The number of ether oxygens (including phenoxy) is 1. The van der Waals surface area contributed by atoms with Gasteiger partial charge in [0.15, 0.2) is 0 Å². The lowest BCUT2D eigenvalue weighted by Crippen LogP contribution is -2.08. The molecule has 6 heteroatoms. The normalized spacial score (nSPS) is 10.6. The van der Waals surface area contributed by atoms with E-state index in [1.54, 1.807) is 29.6 Å². The first-order valence-corrected chi connectivity index (χ1v) is 7.69. The van der Waals surface area contributed by atoms with E-state index in [2.05, 4.69) is 5.10 Å². The number of nitrogens with two attached hydrogens (primary N) is 1. The van der Waals surface area contributed by atoms with Crippen molar-refractivity contribution in [3.8, 4) is 0 Å². The summed E-state index contributed by atoms with van der Waals surface area (Å²) in [7, 11) is 1.82. The van der Waals surface area contributed by atoms with E-state index in [-0.39, 0.29) is 5.97 Å². The molecule has 0 aliphatic carbocycles. The highest BCUT2D eigenvalue weighted by atomic mass is 32.2. The van der Waals surface area contributed by atoms with Crippen molar-refractivity contribution in [2.75, 3.05) is 12.3 Å². The van der Waals surface area contributed by atoms with E-state index in [0.29, 0.717) is 17.9 Å². The van der Waals surface area contributed by atoms with E-state index in [4.69, 9.17) is 10.5 Å². The van der Waals surface area contributed by atoms with Crippen LogP contribution in [-0.2, 0) is 17.5 Å². The molecule has 1 aromatic heterocycles. The van der Waals surface area contributed by atoms with E-state index in [0.717, 1.165) is 21.8 Å². The molecule has 0 atom stereocenters. The zero-order chi connectivity index (χ0) is 15.4. The Bertz CT molecular complexity index is 652. The first kappa shape index (κ1) is 15.4. The number of carbonyl (C=O) groups is 1. The minimum Gasteiger partial charge on any atom is -0.462 e. The van der Waals surface area contributed by atoms with Crippen LogP contribution in [0.2, 0.25) is 0 Å². The van der Waals surface area contributed by atoms with Gasteiger partial charge in [-0.1, -0.05) is 6.07 Å². The van der Waals surface area contributed by atoms with Crippen LogP contribution in [0.5, 0.6) is 0 Å². The van der Waals surface area contributed by atoms with Crippen LogP contribution in [0, 0.1) is 6.92 Å². The Morgan fingerprint density at radius 2 is 2.24 bits per heavy atom. The number of hydrogen-bond acceptors (Lipinski definition) is 5. The molecule has 0 amide bonds. The molecule has 1 aromatic carbocycles. The van der Waals surface area contributed by atoms with Crippen LogP contribution in [0.3, 0.4) is 0 Å². The molecule has 2 rings (SSSR count). The Labute approximate surface area is 128 Å². The van der Waals surface area contributed by atoms with E-state index in [1.807, 2.05) is 32.2 Å². The third-order valence-corrected chi connectivity index (χ3v) is 4.42. The van der Waals surface area contributed by atoms with Gasteiger partial charge in [0.05, 0.1) is 18.5 Å². The number of aryl methyl sites for hydroxylation is 1. The standard InChI is InChI=1S/C15H19N3O2S/c1-4-20-15(19)11-8-17-18(3)13(11)9-21-14-7-5-6-12(16)10(14)2/h5-8H,4,9,16H2,1-3H3. The summed E-state index contributed by atoms with van der Waals surface area (Å²) in [5.74, 6) is 0.306. The zero-order valence-corrected chi connectivity index (χ0v) is 13.2. The second-order valence-electron chi connectivity index (χ2n) is 4.61. The molecular weight excluding hydrogens is 286 g/mol. The summed E-state index contributed by atoms with van der Waals surface area (Å²) in [6.45, 7) is 4.14. The number of thioether (sulfide) groups is 1. The van der Waals surface area contributed by atoms with Crippen LogP contribution < -0.4 is 5.73 Å². The van der Waals surface area contributed by atoms with Crippen molar-refractivity contribution in [1.29, 1.82) is 0 Å². The van der Waals surface area contributed by atoms with Crippen molar-refractivity contribution in [1.82, 2.24) is 9.78 Å². The quantitative estimate of drug-likeness (QED) is 0.522. The summed E-state index contributed by atoms with van der Waals surface area (Å²) in [5.41, 5.74) is 9.11. The molecule has 0 unspecified atom stereocenters. The van der Waals surface area contributed by atoms with E-state index < -0.39 is 0 Å². The lowest BCUT2D eigenvalue weighted by atomic mass is 10.2. The summed E-state index contributed by atoms with van der Waals surface area (Å²) in [5, 5.41) is 4.15. The maximum atomic E-state index is 11.9. The molecule has 21 heavy (non-hydrogen) atoms. The molecule has 0 aliphatic heterocycles. The molecule has 1 heterocycles. The highest BCUT2D eigenvalue weighted by molar-refractivity contribution is 7.98. The molecular formula is C15H19N3O2S. The van der Waals surface area contributed by atoms with Gasteiger partial charge in [-0.3, -0.25) is 4.68 Å². The Balaban J connectivity index is 2.18. The Morgan fingerprint density at radius 1 is 1.48 bits per heavy atom. The lowest BCUT2D eigenvalue weighted by molar-refractivity contribution is 0.0525. The zero-order valence-electron chi connectivity index (χ0n) is 12.4. The molecule has 112 valence electrons. The summed E-state index contributed by atoms with van der Waals surface area (Å²) in [4.78, 5) is 13.0. The van der Waals surface area contributed by atoms with Crippen LogP contribution in [0.25, 0.3) is 0 Å². The summed E-state index contributed by atoms with van der Waals surface area (Å²) in [6, 6.07) is 5.84. The van der Waals surface area contributed by atoms with Gasteiger partial charge in [-0.05, 0) is 31.5 Å². The van der Waals surface area contributed by atoms with E-state index in [9.17, 15) is 4.79 Å². The highest BCUT2D eigenvalue weighted by Gasteiger charge is 2.17. The Kier molecular flexibility index (Phi) is 4.90. The van der Waals surface area contributed by atoms with Crippen molar-refractivity contribution >= 4 is 23.4 Å². The van der Waals surface area contributed by atoms with Gasteiger partial charge in [0.1, 0.15) is 5.56 Å². The number of hydrogen-bond donors (Lipinski definition) is 1. The topological polar surface area (TPSA) is 70.1 Å². The number of esters is 1. The van der Waals surface area contributed by atoms with Gasteiger partial charge in [-0.25, -0.2) is 4.79 Å². The number of nitrogen functional groups attached to an aromatic ring is 1. The maximum Gasteiger partial charge on any atom is 0.341 e. The van der Waals surface area contributed by atoms with Crippen LogP contribution in [-0.4, -0.2) is 22.4 Å². The number of carbonyl (C=O) groups excluding carboxylic acids is 1. The number of anilines is 1.